The molecule has 130 valence electrons. The molecule has 4 heteroatoms. The molecule has 1 N–H and O–H groups in total. The molecule has 0 bridgehead atoms. The van der Waals surface area contributed by atoms with Gasteiger partial charge in [-0.2, -0.15) is 5.10 Å². The lowest BCUT2D eigenvalue weighted by Crippen LogP contribution is -2.20. The number of hydrogen-bond donors (Lipinski definition) is 1. The summed E-state index contributed by atoms with van der Waals surface area (Å²) in [6.07, 6.45) is 2.51. The second-order valence-electron chi connectivity index (χ2n) is 7.61. The zero-order valence-electron chi connectivity index (χ0n) is 14.8. The molecule has 2 atom stereocenters. The lowest BCUT2D eigenvalue weighted by Gasteiger charge is -2.19. The molecule has 0 spiro atoms. The van der Waals surface area contributed by atoms with Gasteiger partial charge in [-0.1, -0.05) is 68.8 Å². The van der Waals surface area contributed by atoms with Crippen molar-refractivity contribution in [1.82, 2.24) is 5.43 Å². The number of hydrazone groups is 1. The Balaban J connectivity index is 1.54. The Bertz CT molecular complexity index is 773. The zero-order valence-corrected chi connectivity index (χ0v) is 15.5. The average molecular weight is 355 g/mol. The molecule has 1 aliphatic rings. The van der Waals surface area contributed by atoms with E-state index in [9.17, 15) is 4.79 Å². The smallest absolute Gasteiger partial charge is 0.243 e. The van der Waals surface area contributed by atoms with E-state index >= 15 is 0 Å². The fourth-order valence-electron chi connectivity index (χ4n) is 2.89. The fraction of sp³-hybridized carbons (Fsp3) is 0.333. The van der Waals surface area contributed by atoms with Gasteiger partial charge in [0.25, 0.3) is 0 Å². The number of nitrogens with one attached hydrogen (secondary N) is 1. The van der Waals surface area contributed by atoms with E-state index in [-0.39, 0.29) is 17.2 Å². The van der Waals surface area contributed by atoms with Crippen LogP contribution in [0.1, 0.15) is 49.8 Å². The van der Waals surface area contributed by atoms with Crippen molar-refractivity contribution in [3.8, 4) is 0 Å². The molecule has 0 heterocycles. The van der Waals surface area contributed by atoms with Crippen molar-refractivity contribution in [2.24, 2.45) is 11.0 Å². The molecular formula is C21H23ClN2O. The van der Waals surface area contributed by atoms with Crippen molar-refractivity contribution in [3.63, 3.8) is 0 Å². The summed E-state index contributed by atoms with van der Waals surface area (Å²) in [7, 11) is 0. The normalized spacial score (nSPS) is 19.8. The summed E-state index contributed by atoms with van der Waals surface area (Å²) in [6.45, 7) is 6.61. The Morgan fingerprint density at radius 2 is 1.76 bits per heavy atom. The average Bonchev–Trinajstić information content (AvgIpc) is 3.37. The highest BCUT2D eigenvalue weighted by Crippen LogP contribution is 2.47. The summed E-state index contributed by atoms with van der Waals surface area (Å²) in [5.41, 5.74) is 6.23. The second-order valence-corrected chi connectivity index (χ2v) is 8.04. The van der Waals surface area contributed by atoms with Crippen LogP contribution >= 0.6 is 11.6 Å². The molecule has 0 radical (unpaired) electrons. The maximum Gasteiger partial charge on any atom is 0.243 e. The lowest BCUT2D eigenvalue weighted by molar-refractivity contribution is -0.122. The standard InChI is InChI=1S/C21H23ClN2O/c1-21(2,3)16-8-6-15(7-9-16)18-12-19(18)20(25)24-23-13-14-4-10-17(22)11-5-14/h4-11,13,18-19H,12H2,1-3H3,(H,24,25)/b23-13-/t18-,19+/m1/s1. The molecule has 0 saturated heterocycles. The van der Waals surface area contributed by atoms with Gasteiger partial charge in [-0.15, -0.1) is 0 Å². The van der Waals surface area contributed by atoms with Gasteiger partial charge in [0.05, 0.1) is 6.21 Å². The van der Waals surface area contributed by atoms with Crippen LogP contribution in [-0.4, -0.2) is 12.1 Å². The number of benzene rings is 2. The zero-order chi connectivity index (χ0) is 18.0. The van der Waals surface area contributed by atoms with E-state index in [4.69, 9.17) is 11.6 Å². The molecule has 3 nitrogen and oxygen atoms in total. The van der Waals surface area contributed by atoms with Crippen LogP contribution in [0.25, 0.3) is 0 Å². The first-order valence-electron chi connectivity index (χ1n) is 8.53. The van der Waals surface area contributed by atoms with Crippen molar-refractivity contribution in [1.29, 1.82) is 0 Å². The lowest BCUT2D eigenvalue weighted by atomic mass is 9.86. The summed E-state index contributed by atoms with van der Waals surface area (Å²) in [6, 6.07) is 15.9. The first-order valence-corrected chi connectivity index (χ1v) is 8.91. The van der Waals surface area contributed by atoms with Gasteiger partial charge in [-0.05, 0) is 46.6 Å². The Labute approximate surface area is 154 Å². The molecule has 3 rings (SSSR count). The van der Waals surface area contributed by atoms with Crippen LogP contribution < -0.4 is 5.43 Å². The molecule has 2 aromatic rings. The number of carbonyl (C=O) groups excluding carboxylic acids is 1. The van der Waals surface area contributed by atoms with E-state index in [2.05, 4.69) is 55.6 Å². The third-order valence-electron chi connectivity index (χ3n) is 4.59. The topological polar surface area (TPSA) is 41.5 Å². The SMILES string of the molecule is CC(C)(C)c1ccc([C@H]2C[C@@H]2C(=O)N/N=C\c2ccc(Cl)cc2)cc1. The summed E-state index contributed by atoms with van der Waals surface area (Å²) in [5, 5.41) is 4.72. The number of halogens is 1. The number of nitrogens with zero attached hydrogens (tertiary/aromatic N) is 1. The van der Waals surface area contributed by atoms with Gasteiger partial charge in [-0.3, -0.25) is 4.79 Å². The summed E-state index contributed by atoms with van der Waals surface area (Å²) < 4.78 is 0. The highest BCUT2D eigenvalue weighted by Gasteiger charge is 2.43. The fourth-order valence-corrected chi connectivity index (χ4v) is 3.01. The molecule has 1 fully saturated rings. The number of hydrogen-bond acceptors (Lipinski definition) is 2. The third-order valence-corrected chi connectivity index (χ3v) is 4.84. The summed E-state index contributed by atoms with van der Waals surface area (Å²) in [4.78, 5) is 12.2. The van der Waals surface area contributed by atoms with E-state index < -0.39 is 0 Å². The van der Waals surface area contributed by atoms with E-state index in [0.717, 1.165) is 12.0 Å². The molecule has 0 aromatic heterocycles. The van der Waals surface area contributed by atoms with Crippen molar-refractivity contribution in [2.45, 2.75) is 38.5 Å². The van der Waals surface area contributed by atoms with Gasteiger partial charge in [0, 0.05) is 10.9 Å². The van der Waals surface area contributed by atoms with E-state index in [0.29, 0.717) is 10.9 Å². The molecule has 0 aliphatic heterocycles. The van der Waals surface area contributed by atoms with Gasteiger partial charge in [0.15, 0.2) is 0 Å². The van der Waals surface area contributed by atoms with Gasteiger partial charge in [0.1, 0.15) is 0 Å². The minimum Gasteiger partial charge on any atom is -0.273 e. The van der Waals surface area contributed by atoms with Crippen LogP contribution in [-0.2, 0) is 10.2 Å². The van der Waals surface area contributed by atoms with Crippen LogP contribution in [0.3, 0.4) is 0 Å². The minimum atomic E-state index is -0.0184. The monoisotopic (exact) mass is 354 g/mol. The van der Waals surface area contributed by atoms with Crippen molar-refractivity contribution in [2.75, 3.05) is 0 Å². The van der Waals surface area contributed by atoms with Crippen molar-refractivity contribution >= 4 is 23.7 Å². The van der Waals surface area contributed by atoms with Gasteiger partial charge < -0.3 is 0 Å². The third kappa shape index (κ3) is 4.49. The number of amides is 1. The van der Waals surface area contributed by atoms with E-state index in [1.165, 1.54) is 11.1 Å². The van der Waals surface area contributed by atoms with Gasteiger partial charge in [-0.25, -0.2) is 5.43 Å². The Hall–Kier alpha value is -2.13. The molecule has 1 amide bonds. The Kier molecular flexibility index (Phi) is 4.96. The van der Waals surface area contributed by atoms with Crippen molar-refractivity contribution < 1.29 is 4.79 Å². The number of rotatable bonds is 4. The molecule has 1 aliphatic carbocycles. The first kappa shape index (κ1) is 17.7. The van der Waals surface area contributed by atoms with E-state index in [1.54, 1.807) is 18.3 Å². The van der Waals surface area contributed by atoms with Gasteiger partial charge >= 0.3 is 0 Å². The Morgan fingerprint density at radius 3 is 2.36 bits per heavy atom. The summed E-state index contributed by atoms with van der Waals surface area (Å²) in [5.74, 6) is 0.303. The maximum absolute atomic E-state index is 12.2. The molecule has 0 unspecified atom stereocenters. The highest BCUT2D eigenvalue weighted by atomic mass is 35.5. The molecular weight excluding hydrogens is 332 g/mol. The largest absolute Gasteiger partial charge is 0.273 e. The minimum absolute atomic E-state index is 0.0165. The Morgan fingerprint density at radius 1 is 1.12 bits per heavy atom. The first-order chi connectivity index (χ1) is 11.8. The van der Waals surface area contributed by atoms with E-state index in [1.807, 2.05) is 12.1 Å². The van der Waals surface area contributed by atoms with Crippen LogP contribution in [0, 0.1) is 5.92 Å². The second kappa shape index (κ2) is 7.01. The number of carbonyl (C=O) groups is 1. The molecule has 25 heavy (non-hydrogen) atoms. The van der Waals surface area contributed by atoms with Crippen molar-refractivity contribution in [3.05, 3.63) is 70.2 Å². The van der Waals surface area contributed by atoms with Crippen LogP contribution in [0.5, 0.6) is 0 Å². The van der Waals surface area contributed by atoms with Crippen LogP contribution in [0.4, 0.5) is 0 Å². The highest BCUT2D eigenvalue weighted by molar-refractivity contribution is 6.30. The molecule has 2 aromatic carbocycles. The van der Waals surface area contributed by atoms with Crippen LogP contribution in [0.15, 0.2) is 53.6 Å². The van der Waals surface area contributed by atoms with Gasteiger partial charge in [0.2, 0.25) is 5.91 Å². The predicted molar refractivity (Wildman–Crippen MR) is 103 cm³/mol. The predicted octanol–water partition coefficient (Wildman–Crippen LogP) is 4.89. The quantitative estimate of drug-likeness (QED) is 0.616. The maximum atomic E-state index is 12.2. The van der Waals surface area contributed by atoms with Crippen LogP contribution in [0.2, 0.25) is 5.02 Å². The summed E-state index contributed by atoms with van der Waals surface area (Å²) >= 11 is 5.84. The molecule has 1 saturated carbocycles.